The van der Waals surface area contributed by atoms with E-state index in [-0.39, 0.29) is 16.7 Å². The quantitative estimate of drug-likeness (QED) is 0.405. The first-order valence-corrected chi connectivity index (χ1v) is 20.6. The lowest BCUT2D eigenvalue weighted by atomic mass is 9.99. The molecule has 9 heteroatoms. The van der Waals surface area contributed by atoms with Crippen molar-refractivity contribution in [1.29, 1.82) is 0 Å². The molecule has 28 heavy (non-hydrogen) atoms. The monoisotopic (exact) mass is 466 g/mol. The van der Waals surface area contributed by atoms with Gasteiger partial charge in [-0.15, -0.1) is 0 Å². The first-order chi connectivity index (χ1) is 12.2. The average Bonchev–Trinajstić information content (AvgIpc) is 2.41. The van der Waals surface area contributed by atoms with Crippen molar-refractivity contribution in [3.63, 3.8) is 0 Å². The van der Waals surface area contributed by atoms with E-state index < -0.39 is 35.7 Å². The van der Waals surface area contributed by atoms with Crippen LogP contribution in [0.4, 0.5) is 0 Å². The van der Waals surface area contributed by atoms with Gasteiger partial charge in [-0.25, -0.2) is 0 Å². The highest BCUT2D eigenvalue weighted by Crippen LogP contribution is 2.35. The molecule has 0 aromatic heterocycles. The molecular formula is C19H50N2O3Si4. The summed E-state index contributed by atoms with van der Waals surface area (Å²) in [6.45, 7) is 29.8. The highest BCUT2D eigenvalue weighted by atomic mass is 28.4. The highest BCUT2D eigenvalue weighted by Gasteiger charge is 2.41. The van der Waals surface area contributed by atoms with E-state index in [4.69, 9.17) is 18.4 Å². The Balaban J connectivity index is 5.36. The second kappa shape index (κ2) is 10.3. The Bertz CT molecular complexity index is 475. The predicted octanol–water partition coefficient (Wildman–Crippen LogP) is 3.70. The third-order valence-corrected chi connectivity index (χ3v) is 17.2. The summed E-state index contributed by atoms with van der Waals surface area (Å²) in [5, 5.41) is 3.76. The van der Waals surface area contributed by atoms with Crippen molar-refractivity contribution in [3.8, 4) is 0 Å². The van der Waals surface area contributed by atoms with Gasteiger partial charge in [0.05, 0.1) is 5.60 Å². The number of rotatable bonds is 13. The lowest BCUT2D eigenvalue weighted by Crippen LogP contribution is -2.58. The SMILES string of the molecule is CC([SiH](CC(C)(C)NC(C)(C)CN)O[Si](C)(C)C)C(C)(C)O[SiH2]O[Si](C)(C)C. The maximum absolute atomic E-state index is 6.83. The second-order valence-electron chi connectivity index (χ2n) is 12.0. The zero-order chi connectivity index (χ0) is 22.6. The van der Waals surface area contributed by atoms with Gasteiger partial charge in [0.25, 0.3) is 10.0 Å². The van der Waals surface area contributed by atoms with Crippen LogP contribution in [0.5, 0.6) is 0 Å². The Morgan fingerprint density at radius 2 is 1.43 bits per heavy atom. The topological polar surface area (TPSA) is 65.7 Å². The first-order valence-electron chi connectivity index (χ1n) is 10.6. The van der Waals surface area contributed by atoms with Crippen LogP contribution in [-0.4, -0.2) is 58.9 Å². The zero-order valence-electron chi connectivity index (χ0n) is 21.1. The summed E-state index contributed by atoms with van der Waals surface area (Å²) in [6.07, 6.45) is 0. The zero-order valence-corrected chi connectivity index (χ0v) is 25.6. The van der Waals surface area contributed by atoms with Crippen LogP contribution in [-0.2, 0) is 12.7 Å². The van der Waals surface area contributed by atoms with Gasteiger partial charge in [0, 0.05) is 17.6 Å². The maximum Gasteiger partial charge on any atom is 0.294 e. The number of hydrogen-bond acceptors (Lipinski definition) is 5. The van der Waals surface area contributed by atoms with Crippen molar-refractivity contribution in [2.45, 2.75) is 116 Å². The van der Waals surface area contributed by atoms with Gasteiger partial charge in [-0.3, -0.25) is 0 Å². The molecule has 0 heterocycles. The van der Waals surface area contributed by atoms with Crippen molar-refractivity contribution in [2.24, 2.45) is 5.73 Å². The summed E-state index contributed by atoms with van der Waals surface area (Å²) in [5.74, 6) is 0. The third kappa shape index (κ3) is 12.4. The summed E-state index contributed by atoms with van der Waals surface area (Å²) in [4.78, 5) is 0. The van der Waals surface area contributed by atoms with Crippen LogP contribution in [0, 0.1) is 0 Å². The van der Waals surface area contributed by atoms with Crippen molar-refractivity contribution in [3.05, 3.63) is 0 Å². The van der Waals surface area contributed by atoms with Gasteiger partial charge in [0.2, 0.25) is 0 Å². The Labute approximate surface area is 181 Å². The molecule has 0 aliphatic heterocycles. The Morgan fingerprint density at radius 3 is 1.82 bits per heavy atom. The molecule has 0 aliphatic rings. The molecule has 0 rings (SSSR count). The number of nitrogens with one attached hydrogen (secondary N) is 1. The van der Waals surface area contributed by atoms with Gasteiger partial charge in [-0.1, -0.05) is 6.92 Å². The average molecular weight is 467 g/mol. The molecule has 170 valence electrons. The molecule has 0 aromatic carbocycles. The fraction of sp³-hybridized carbons (Fsp3) is 1.00. The molecule has 0 aliphatic carbocycles. The molecule has 0 aromatic rings. The van der Waals surface area contributed by atoms with Gasteiger partial charge >= 0.3 is 0 Å². The smallest absolute Gasteiger partial charge is 0.294 e. The first kappa shape index (κ1) is 28.7. The summed E-state index contributed by atoms with van der Waals surface area (Å²) in [6, 6.07) is 1.05. The molecule has 5 nitrogen and oxygen atoms in total. The van der Waals surface area contributed by atoms with Crippen molar-refractivity contribution < 1.29 is 12.7 Å². The summed E-state index contributed by atoms with van der Waals surface area (Å²) in [7, 11) is -5.73. The number of nitrogens with two attached hydrogens (primary N) is 1. The molecule has 0 bridgehead atoms. The fourth-order valence-corrected chi connectivity index (χ4v) is 12.9. The van der Waals surface area contributed by atoms with E-state index in [0.717, 1.165) is 6.04 Å². The minimum atomic E-state index is -1.65. The van der Waals surface area contributed by atoms with Crippen molar-refractivity contribution >= 4 is 35.7 Å². The van der Waals surface area contributed by atoms with Gasteiger partial charge in [-0.05, 0) is 92.4 Å². The molecule has 2 unspecified atom stereocenters. The van der Waals surface area contributed by atoms with Crippen LogP contribution in [0.1, 0.15) is 48.5 Å². The van der Waals surface area contributed by atoms with Crippen molar-refractivity contribution in [2.75, 3.05) is 6.54 Å². The second-order valence-corrected chi connectivity index (χ2v) is 25.5. The Hall–Kier alpha value is 0.668. The van der Waals surface area contributed by atoms with Gasteiger partial charge < -0.3 is 23.7 Å². The molecule has 3 N–H and O–H groups in total. The largest absolute Gasteiger partial charge is 0.458 e. The molecule has 0 fully saturated rings. The van der Waals surface area contributed by atoms with Crippen LogP contribution in [0.15, 0.2) is 0 Å². The summed E-state index contributed by atoms with van der Waals surface area (Å²) in [5.41, 5.74) is 6.01. The molecule has 2 atom stereocenters. The minimum absolute atomic E-state index is 0.0317. The van der Waals surface area contributed by atoms with Gasteiger partial charge in [0.15, 0.2) is 25.7 Å². The minimum Gasteiger partial charge on any atom is -0.458 e. The standard InChI is InChI=1S/C19H50N2O3Si4/c1-16(19(6,7)22-25-23-27(8,9)10)26(24-28(11,12)13)15-18(4,5)21-17(2,3)14-20/h16,21,26H,14-15,20,25H2,1-13H3. The molecular weight excluding hydrogens is 417 g/mol. The van der Waals surface area contributed by atoms with Gasteiger partial charge in [-0.2, -0.15) is 0 Å². The van der Waals surface area contributed by atoms with E-state index in [1.165, 1.54) is 0 Å². The molecule has 0 saturated heterocycles. The van der Waals surface area contributed by atoms with Crippen LogP contribution in [0.2, 0.25) is 50.9 Å². The third-order valence-electron chi connectivity index (χ3n) is 4.98. The van der Waals surface area contributed by atoms with Crippen molar-refractivity contribution in [1.82, 2.24) is 5.32 Å². The Kier molecular flexibility index (Phi) is 10.6. The lowest BCUT2D eigenvalue weighted by molar-refractivity contribution is 0.0882. The molecule has 0 saturated carbocycles. The van der Waals surface area contributed by atoms with Gasteiger partial charge in [0.1, 0.15) is 0 Å². The normalized spacial score (nSPS) is 17.4. The Morgan fingerprint density at radius 1 is 0.929 bits per heavy atom. The molecule has 0 amide bonds. The van der Waals surface area contributed by atoms with E-state index >= 15 is 0 Å². The molecule has 0 spiro atoms. The summed E-state index contributed by atoms with van der Waals surface area (Å²) < 4.78 is 19.3. The maximum atomic E-state index is 6.83. The van der Waals surface area contributed by atoms with Crippen LogP contribution >= 0.6 is 0 Å². The van der Waals surface area contributed by atoms with Crippen LogP contribution in [0.25, 0.3) is 0 Å². The van der Waals surface area contributed by atoms with Crippen LogP contribution < -0.4 is 11.1 Å². The lowest BCUT2D eigenvalue weighted by Gasteiger charge is -2.44. The van der Waals surface area contributed by atoms with E-state index in [9.17, 15) is 0 Å². The number of hydrogen-bond donors (Lipinski definition) is 2. The van der Waals surface area contributed by atoms with Crippen LogP contribution in [0.3, 0.4) is 0 Å². The predicted molar refractivity (Wildman–Crippen MR) is 134 cm³/mol. The summed E-state index contributed by atoms with van der Waals surface area (Å²) >= 11 is 0. The van der Waals surface area contributed by atoms with E-state index in [2.05, 4.69) is 93.1 Å². The fourth-order valence-electron chi connectivity index (χ4n) is 3.23. The van der Waals surface area contributed by atoms with E-state index in [1.54, 1.807) is 0 Å². The molecule has 0 radical (unpaired) electrons. The van der Waals surface area contributed by atoms with E-state index in [0.29, 0.717) is 12.1 Å². The highest BCUT2D eigenvalue weighted by molar-refractivity contribution is 6.78. The van der Waals surface area contributed by atoms with E-state index in [1.807, 2.05) is 0 Å².